The number of hydrogen-bond acceptors (Lipinski definition) is 8. The fraction of sp³-hybridized carbons (Fsp3) is 0.263. The molecule has 10 heteroatoms. The van der Waals surface area contributed by atoms with Crippen LogP contribution < -0.4 is 10.1 Å². The van der Waals surface area contributed by atoms with Crippen LogP contribution in [0.1, 0.15) is 5.56 Å². The molecule has 0 aliphatic heterocycles. The van der Waals surface area contributed by atoms with Gasteiger partial charge in [0.25, 0.3) is 0 Å². The maximum atomic E-state index is 12.1. The smallest absolute Gasteiger partial charge is 0.242 e. The van der Waals surface area contributed by atoms with Crippen molar-refractivity contribution in [2.24, 2.45) is 0 Å². The van der Waals surface area contributed by atoms with E-state index >= 15 is 0 Å². The molecule has 0 radical (unpaired) electrons. The molecule has 3 aromatic rings. The summed E-state index contributed by atoms with van der Waals surface area (Å²) in [7, 11) is -0.411. The van der Waals surface area contributed by atoms with Gasteiger partial charge in [0, 0.05) is 25.5 Å². The molecule has 1 N–H and O–H groups in total. The van der Waals surface area contributed by atoms with Crippen molar-refractivity contribution in [3.63, 3.8) is 0 Å². The zero-order valence-electron chi connectivity index (χ0n) is 16.3. The molecule has 0 saturated carbocycles. The number of ether oxygens (including phenoxy) is 1. The Morgan fingerprint density at radius 2 is 1.90 bits per heavy atom. The second kappa shape index (κ2) is 9.57. The van der Waals surface area contributed by atoms with Crippen LogP contribution in [0.4, 0.5) is 10.8 Å². The van der Waals surface area contributed by atoms with E-state index in [1.165, 1.54) is 35.3 Å². The van der Waals surface area contributed by atoms with Gasteiger partial charge >= 0.3 is 0 Å². The lowest BCUT2D eigenvalue weighted by atomic mass is 10.2. The van der Waals surface area contributed by atoms with Gasteiger partial charge in [-0.15, -0.1) is 10.2 Å². The maximum Gasteiger partial charge on any atom is 0.242 e. The predicted molar refractivity (Wildman–Crippen MR) is 118 cm³/mol. The van der Waals surface area contributed by atoms with Crippen molar-refractivity contribution in [1.29, 1.82) is 0 Å². The van der Waals surface area contributed by atoms with Gasteiger partial charge in [-0.3, -0.25) is 0 Å². The minimum Gasteiger partial charge on any atom is -0.493 e. The van der Waals surface area contributed by atoms with Crippen LogP contribution in [0.25, 0.3) is 0 Å². The SMILES string of the molecule is Cc1cccc(Nc2nnc(SCCOc3ccc(S(=O)(=O)N(C)C)cc3)s2)c1. The first-order valence-electron chi connectivity index (χ1n) is 8.80. The Kier molecular flexibility index (Phi) is 7.12. The summed E-state index contributed by atoms with van der Waals surface area (Å²) in [5.41, 5.74) is 2.17. The van der Waals surface area contributed by atoms with Crippen LogP contribution in [0.15, 0.2) is 57.8 Å². The second-order valence-electron chi connectivity index (χ2n) is 6.32. The van der Waals surface area contributed by atoms with Crippen molar-refractivity contribution in [3.05, 3.63) is 54.1 Å². The summed E-state index contributed by atoms with van der Waals surface area (Å²) in [5, 5.41) is 12.3. The predicted octanol–water partition coefficient (Wildman–Crippen LogP) is 4.01. The fourth-order valence-corrected chi connectivity index (χ4v) is 4.93. The number of aryl methyl sites for hydroxylation is 1. The number of thioether (sulfide) groups is 1. The molecule has 2 aromatic carbocycles. The number of sulfonamides is 1. The summed E-state index contributed by atoms with van der Waals surface area (Å²) < 4.78 is 31.8. The van der Waals surface area contributed by atoms with Gasteiger partial charge in [0.2, 0.25) is 15.2 Å². The third-order valence-electron chi connectivity index (χ3n) is 3.86. The minimum absolute atomic E-state index is 0.242. The van der Waals surface area contributed by atoms with E-state index in [0.717, 1.165) is 15.2 Å². The van der Waals surface area contributed by atoms with Crippen LogP contribution in [0.5, 0.6) is 5.75 Å². The van der Waals surface area contributed by atoms with Crippen molar-refractivity contribution in [3.8, 4) is 5.75 Å². The number of hydrogen-bond donors (Lipinski definition) is 1. The van der Waals surface area contributed by atoms with E-state index in [4.69, 9.17) is 4.74 Å². The lowest BCUT2D eigenvalue weighted by Gasteiger charge is -2.12. The quantitative estimate of drug-likeness (QED) is 0.389. The zero-order chi connectivity index (χ0) is 20.9. The average molecular weight is 451 g/mol. The summed E-state index contributed by atoms with van der Waals surface area (Å²) in [6.07, 6.45) is 0. The van der Waals surface area contributed by atoms with E-state index in [1.807, 2.05) is 25.1 Å². The molecule has 0 amide bonds. The molecular formula is C19H22N4O3S3. The molecule has 0 unspecified atom stereocenters. The Labute approximate surface area is 179 Å². The lowest BCUT2D eigenvalue weighted by Crippen LogP contribution is -2.22. The zero-order valence-corrected chi connectivity index (χ0v) is 18.8. The molecule has 1 aromatic heterocycles. The van der Waals surface area contributed by atoms with Crippen molar-refractivity contribution in [2.45, 2.75) is 16.2 Å². The average Bonchev–Trinajstić information content (AvgIpc) is 3.13. The Balaban J connectivity index is 1.46. The topological polar surface area (TPSA) is 84.4 Å². The summed E-state index contributed by atoms with van der Waals surface area (Å²) in [6, 6.07) is 14.5. The molecule has 0 aliphatic rings. The number of aromatic nitrogens is 2. The standard InChI is InChI=1S/C19H22N4O3S3/c1-14-5-4-6-15(13-14)20-18-21-22-19(28-18)27-12-11-26-16-7-9-17(10-8-16)29(24,25)23(2)3/h4-10,13H,11-12H2,1-3H3,(H,20,21). The van der Waals surface area contributed by atoms with Gasteiger partial charge < -0.3 is 10.1 Å². The molecule has 0 atom stereocenters. The first-order chi connectivity index (χ1) is 13.8. The third kappa shape index (κ3) is 5.92. The van der Waals surface area contributed by atoms with E-state index in [2.05, 4.69) is 21.6 Å². The van der Waals surface area contributed by atoms with Gasteiger partial charge in [-0.25, -0.2) is 12.7 Å². The van der Waals surface area contributed by atoms with E-state index in [9.17, 15) is 8.42 Å². The van der Waals surface area contributed by atoms with E-state index in [1.54, 1.807) is 36.0 Å². The molecule has 0 fully saturated rings. The molecule has 3 rings (SSSR count). The summed E-state index contributed by atoms with van der Waals surface area (Å²) >= 11 is 3.05. The number of nitrogens with zero attached hydrogens (tertiary/aromatic N) is 3. The van der Waals surface area contributed by atoms with Crippen molar-refractivity contribution < 1.29 is 13.2 Å². The van der Waals surface area contributed by atoms with Crippen LogP contribution >= 0.6 is 23.1 Å². The van der Waals surface area contributed by atoms with E-state index < -0.39 is 10.0 Å². The van der Waals surface area contributed by atoms with E-state index in [0.29, 0.717) is 18.1 Å². The van der Waals surface area contributed by atoms with Crippen LogP contribution in [-0.2, 0) is 10.0 Å². The Bertz CT molecular complexity index is 1050. The highest BCUT2D eigenvalue weighted by Gasteiger charge is 2.16. The Hall–Kier alpha value is -2.14. The van der Waals surface area contributed by atoms with Gasteiger partial charge in [-0.1, -0.05) is 35.2 Å². The highest BCUT2D eigenvalue weighted by Crippen LogP contribution is 2.28. The fourth-order valence-electron chi connectivity index (χ4n) is 2.37. The van der Waals surface area contributed by atoms with Gasteiger partial charge in [-0.2, -0.15) is 0 Å². The molecule has 0 spiro atoms. The van der Waals surface area contributed by atoms with Gasteiger partial charge in [0.15, 0.2) is 4.34 Å². The normalized spacial score (nSPS) is 11.6. The van der Waals surface area contributed by atoms with E-state index in [-0.39, 0.29) is 4.90 Å². The molecule has 7 nitrogen and oxygen atoms in total. The first-order valence-corrected chi connectivity index (χ1v) is 12.0. The van der Waals surface area contributed by atoms with Gasteiger partial charge in [0.05, 0.1) is 11.5 Å². The Morgan fingerprint density at radius 3 is 2.59 bits per heavy atom. The lowest BCUT2D eigenvalue weighted by molar-refractivity contribution is 0.343. The molecule has 0 bridgehead atoms. The Morgan fingerprint density at radius 1 is 1.14 bits per heavy atom. The number of benzene rings is 2. The molecular weight excluding hydrogens is 428 g/mol. The monoisotopic (exact) mass is 450 g/mol. The van der Waals surface area contributed by atoms with Crippen molar-refractivity contribution in [1.82, 2.24) is 14.5 Å². The van der Waals surface area contributed by atoms with Crippen LogP contribution in [-0.4, -0.2) is 49.4 Å². The molecule has 29 heavy (non-hydrogen) atoms. The molecule has 0 aliphatic carbocycles. The largest absolute Gasteiger partial charge is 0.493 e. The van der Waals surface area contributed by atoms with Crippen molar-refractivity contribution >= 4 is 43.9 Å². The van der Waals surface area contributed by atoms with Crippen LogP contribution in [0.3, 0.4) is 0 Å². The summed E-state index contributed by atoms with van der Waals surface area (Å²) in [4.78, 5) is 0.242. The number of nitrogens with one attached hydrogen (secondary N) is 1. The highest BCUT2D eigenvalue weighted by molar-refractivity contribution is 8.01. The second-order valence-corrected chi connectivity index (χ2v) is 10.8. The molecule has 154 valence electrons. The third-order valence-corrected chi connectivity index (χ3v) is 7.62. The maximum absolute atomic E-state index is 12.1. The summed E-state index contributed by atoms with van der Waals surface area (Å²) in [5.74, 6) is 1.33. The summed E-state index contributed by atoms with van der Waals surface area (Å²) in [6.45, 7) is 2.52. The number of anilines is 2. The van der Waals surface area contributed by atoms with Crippen LogP contribution in [0, 0.1) is 6.92 Å². The minimum atomic E-state index is -3.42. The van der Waals surface area contributed by atoms with Crippen LogP contribution in [0.2, 0.25) is 0 Å². The molecule has 1 heterocycles. The highest BCUT2D eigenvalue weighted by atomic mass is 32.2. The van der Waals surface area contributed by atoms with Crippen molar-refractivity contribution in [2.75, 3.05) is 31.8 Å². The molecule has 0 saturated heterocycles. The van der Waals surface area contributed by atoms with Gasteiger partial charge in [0.1, 0.15) is 5.75 Å². The van der Waals surface area contributed by atoms with Gasteiger partial charge in [-0.05, 0) is 48.9 Å². The first kappa shape index (κ1) is 21.6. The number of rotatable bonds is 9.